The Bertz CT molecular complexity index is 1670. The molecule has 0 unspecified atom stereocenters. The van der Waals surface area contributed by atoms with Gasteiger partial charge in [0.15, 0.2) is 0 Å². The molecule has 4 aromatic carbocycles. The number of phenols is 1. The number of rotatable bonds is 11. The number of aromatic hydroxyl groups is 1. The lowest BCUT2D eigenvalue weighted by atomic mass is 9.84. The van der Waals surface area contributed by atoms with Gasteiger partial charge >= 0.3 is 11.9 Å². The Labute approximate surface area is 255 Å². The maximum Gasteiger partial charge on any atom is 0.343 e. The Morgan fingerprint density at radius 2 is 1.50 bits per heavy atom. The van der Waals surface area contributed by atoms with Gasteiger partial charge in [-0.3, -0.25) is 0 Å². The van der Waals surface area contributed by atoms with Gasteiger partial charge in [-0.1, -0.05) is 24.3 Å². The van der Waals surface area contributed by atoms with E-state index < -0.39 is 11.9 Å². The average Bonchev–Trinajstić information content (AvgIpc) is 3.03. The minimum absolute atomic E-state index is 0.0571. The highest BCUT2D eigenvalue weighted by molar-refractivity contribution is 5.91. The highest BCUT2D eigenvalue weighted by atomic mass is 16.5. The molecule has 226 valence electrons. The first kappa shape index (κ1) is 30.5. The summed E-state index contributed by atoms with van der Waals surface area (Å²) in [5.74, 6) is 0.244. The second-order valence-corrected chi connectivity index (χ2v) is 10.7. The minimum atomic E-state index is -0.563. The van der Waals surface area contributed by atoms with Crippen molar-refractivity contribution in [3.05, 3.63) is 113 Å². The quantitative estimate of drug-likeness (QED) is 0.115. The van der Waals surface area contributed by atoms with Gasteiger partial charge in [0.2, 0.25) is 0 Å². The lowest BCUT2D eigenvalue weighted by Crippen LogP contribution is -2.15. The summed E-state index contributed by atoms with van der Waals surface area (Å²) in [5.41, 5.74) is 6.53. The highest BCUT2D eigenvalue weighted by Gasteiger charge is 2.17. The largest absolute Gasteiger partial charge is 0.508 e. The van der Waals surface area contributed by atoms with E-state index in [1.165, 1.54) is 41.5 Å². The molecule has 0 aliphatic heterocycles. The highest BCUT2D eigenvalue weighted by Crippen LogP contribution is 2.36. The molecule has 0 aromatic heterocycles. The molecule has 8 heteroatoms. The SMILES string of the molecule is Cc1cc(OC(=O)c2ccc(O)cc2)ccc1OC(=O)/C=C/c1ccc2c(c1)CCc1cc(OCCC(CO)CO)ccc1-2. The number of ether oxygens (including phenoxy) is 3. The van der Waals surface area contributed by atoms with Crippen molar-refractivity contribution < 1.29 is 39.1 Å². The van der Waals surface area contributed by atoms with Crippen LogP contribution in [0.15, 0.2) is 84.9 Å². The van der Waals surface area contributed by atoms with Crippen LogP contribution in [-0.4, -0.2) is 47.1 Å². The van der Waals surface area contributed by atoms with Gasteiger partial charge in [0.25, 0.3) is 0 Å². The summed E-state index contributed by atoms with van der Waals surface area (Å²) < 4.78 is 16.8. The number of carbonyl (C=O) groups excluding carboxylic acids is 2. The van der Waals surface area contributed by atoms with Crippen molar-refractivity contribution in [1.82, 2.24) is 0 Å². The maximum atomic E-state index is 12.6. The lowest BCUT2D eigenvalue weighted by molar-refractivity contribution is -0.128. The summed E-state index contributed by atoms with van der Waals surface area (Å²) in [6, 6.07) is 22.7. The number of fused-ring (bicyclic) bond motifs is 3. The van der Waals surface area contributed by atoms with E-state index in [9.17, 15) is 24.9 Å². The van der Waals surface area contributed by atoms with Gasteiger partial charge in [0.05, 0.1) is 12.2 Å². The van der Waals surface area contributed by atoms with Crippen molar-refractivity contribution in [2.75, 3.05) is 19.8 Å². The first-order chi connectivity index (χ1) is 21.3. The monoisotopic (exact) mass is 594 g/mol. The van der Waals surface area contributed by atoms with E-state index in [4.69, 9.17) is 14.2 Å². The van der Waals surface area contributed by atoms with Gasteiger partial charge < -0.3 is 29.5 Å². The van der Waals surface area contributed by atoms with Crippen molar-refractivity contribution in [2.45, 2.75) is 26.2 Å². The molecule has 5 rings (SSSR count). The topological polar surface area (TPSA) is 123 Å². The molecule has 44 heavy (non-hydrogen) atoms. The molecule has 4 aromatic rings. The van der Waals surface area contributed by atoms with Crippen molar-refractivity contribution in [3.8, 4) is 34.1 Å². The van der Waals surface area contributed by atoms with Gasteiger partial charge in [-0.25, -0.2) is 9.59 Å². The molecule has 0 saturated carbocycles. The molecular weight excluding hydrogens is 560 g/mol. The van der Waals surface area contributed by atoms with Gasteiger partial charge in [0, 0.05) is 25.2 Å². The first-order valence-electron chi connectivity index (χ1n) is 14.5. The van der Waals surface area contributed by atoms with Crippen molar-refractivity contribution in [1.29, 1.82) is 0 Å². The van der Waals surface area contributed by atoms with Crippen LogP contribution >= 0.6 is 0 Å². The average molecular weight is 595 g/mol. The Kier molecular flexibility index (Phi) is 9.74. The Balaban J connectivity index is 1.18. The van der Waals surface area contributed by atoms with E-state index in [1.54, 1.807) is 31.2 Å². The molecule has 0 atom stereocenters. The molecule has 0 amide bonds. The van der Waals surface area contributed by atoms with E-state index in [2.05, 4.69) is 24.3 Å². The van der Waals surface area contributed by atoms with Gasteiger partial charge in [-0.05, 0) is 120 Å². The van der Waals surface area contributed by atoms with E-state index in [1.807, 2.05) is 12.1 Å². The number of benzene rings is 4. The normalized spacial score (nSPS) is 12.1. The van der Waals surface area contributed by atoms with Crippen molar-refractivity contribution in [3.63, 3.8) is 0 Å². The fourth-order valence-electron chi connectivity index (χ4n) is 5.04. The Morgan fingerprint density at radius 1 is 0.818 bits per heavy atom. The van der Waals surface area contributed by atoms with Gasteiger partial charge in [-0.15, -0.1) is 0 Å². The molecule has 1 aliphatic rings. The number of phenolic OH excluding ortho intramolecular Hbond substituents is 1. The smallest absolute Gasteiger partial charge is 0.343 e. The predicted molar refractivity (Wildman–Crippen MR) is 166 cm³/mol. The molecule has 0 spiro atoms. The molecule has 0 bridgehead atoms. The van der Waals surface area contributed by atoms with Crippen LogP contribution in [0.1, 0.15) is 39.0 Å². The summed E-state index contributed by atoms with van der Waals surface area (Å²) in [4.78, 5) is 24.9. The lowest BCUT2D eigenvalue weighted by Gasteiger charge is -2.21. The van der Waals surface area contributed by atoms with Crippen LogP contribution < -0.4 is 14.2 Å². The third kappa shape index (κ3) is 7.53. The molecule has 1 aliphatic carbocycles. The summed E-state index contributed by atoms with van der Waals surface area (Å²) in [7, 11) is 0. The summed E-state index contributed by atoms with van der Waals surface area (Å²) in [5, 5.41) is 27.8. The van der Waals surface area contributed by atoms with E-state index in [-0.39, 0.29) is 24.9 Å². The first-order valence-corrected chi connectivity index (χ1v) is 14.5. The van der Waals surface area contributed by atoms with Crippen LogP contribution in [0.5, 0.6) is 23.0 Å². The number of aliphatic hydroxyl groups is 2. The number of esters is 2. The molecule has 8 nitrogen and oxygen atoms in total. The van der Waals surface area contributed by atoms with Crippen molar-refractivity contribution >= 4 is 18.0 Å². The van der Waals surface area contributed by atoms with Gasteiger partial charge in [-0.2, -0.15) is 0 Å². The number of hydrogen-bond acceptors (Lipinski definition) is 8. The van der Waals surface area contributed by atoms with Crippen LogP contribution in [0.25, 0.3) is 17.2 Å². The fourth-order valence-corrected chi connectivity index (χ4v) is 5.04. The standard InChI is InChI=1S/C36H34O8/c1-23-18-31(43-36(41)26-6-8-29(39)9-7-26)11-14-34(23)44-35(40)15-3-24-2-12-32-27(19-24)4-5-28-20-30(10-13-33(28)32)42-17-16-25(21-37)22-38/h2-3,6-15,18-20,25,37-39H,4-5,16-17,21-22H2,1H3/b15-3+. The van der Waals surface area contributed by atoms with Crippen LogP contribution in [0.2, 0.25) is 0 Å². The molecule has 0 heterocycles. The van der Waals surface area contributed by atoms with E-state index >= 15 is 0 Å². The summed E-state index contributed by atoms with van der Waals surface area (Å²) in [6.45, 7) is 2.07. The van der Waals surface area contributed by atoms with Crippen LogP contribution in [0.4, 0.5) is 0 Å². The van der Waals surface area contributed by atoms with E-state index in [0.717, 1.165) is 35.3 Å². The Morgan fingerprint density at radius 3 is 2.20 bits per heavy atom. The zero-order valence-electron chi connectivity index (χ0n) is 24.4. The number of aliphatic hydroxyl groups excluding tert-OH is 2. The van der Waals surface area contributed by atoms with Crippen LogP contribution in [-0.2, 0) is 17.6 Å². The summed E-state index contributed by atoms with van der Waals surface area (Å²) >= 11 is 0. The van der Waals surface area contributed by atoms with Crippen molar-refractivity contribution in [2.24, 2.45) is 5.92 Å². The zero-order chi connectivity index (χ0) is 31.1. The minimum Gasteiger partial charge on any atom is -0.508 e. The molecule has 0 radical (unpaired) electrons. The number of carbonyl (C=O) groups is 2. The van der Waals surface area contributed by atoms with Crippen LogP contribution in [0, 0.1) is 12.8 Å². The third-order valence-electron chi connectivity index (χ3n) is 7.55. The Hall–Kier alpha value is -4.92. The molecule has 3 N–H and O–H groups in total. The molecule has 0 fully saturated rings. The third-order valence-corrected chi connectivity index (χ3v) is 7.55. The molecule has 0 saturated heterocycles. The predicted octanol–water partition coefficient (Wildman–Crippen LogP) is 5.67. The maximum absolute atomic E-state index is 12.6. The van der Waals surface area contributed by atoms with Gasteiger partial charge in [0.1, 0.15) is 23.0 Å². The second-order valence-electron chi connectivity index (χ2n) is 10.7. The summed E-state index contributed by atoms with van der Waals surface area (Å²) in [6.07, 6.45) is 5.42. The fraction of sp³-hybridized carbons (Fsp3) is 0.222. The zero-order valence-corrected chi connectivity index (χ0v) is 24.4. The van der Waals surface area contributed by atoms with Crippen LogP contribution in [0.3, 0.4) is 0 Å². The molecular formula is C36H34O8. The van der Waals surface area contributed by atoms with E-state index in [0.29, 0.717) is 35.7 Å². The number of hydrogen-bond donors (Lipinski definition) is 3. The second kappa shape index (κ2) is 14.0. The number of aryl methyl sites for hydroxylation is 3.